The number of carbonyl (C=O) groups excluding carboxylic acids is 2. The molecule has 44 heavy (non-hydrogen) atoms. The van der Waals surface area contributed by atoms with E-state index in [-0.39, 0.29) is 28.8 Å². The summed E-state index contributed by atoms with van der Waals surface area (Å²) < 4.78 is 44.5. The van der Waals surface area contributed by atoms with Gasteiger partial charge in [0.15, 0.2) is 0 Å². The molecule has 3 N–H and O–H groups in total. The first-order valence-electron chi connectivity index (χ1n) is 13.2. The van der Waals surface area contributed by atoms with Gasteiger partial charge in [0.05, 0.1) is 11.4 Å². The Morgan fingerprint density at radius 2 is 1.70 bits per heavy atom. The minimum absolute atomic E-state index is 0.0421. The Labute approximate surface area is 274 Å². The highest BCUT2D eigenvalue weighted by Gasteiger charge is 2.29. The topological polar surface area (TPSA) is 94.3 Å². The number of halogens is 6. The summed E-state index contributed by atoms with van der Waals surface area (Å²) in [5.74, 6) is -0.523. The standard InChI is InChI=1S/C31H25BrCl2F3N3O3S/c1-2-3-26(43-30(38)42)28-19(16-39-29(41)18-6-11-22(12-7-18)44-31(35,36)37)14-24(23-13-10-21(33)15-25(23)34)27(40-28)17-4-8-20(32)9-5-17/h4-15,26H,2-3,16H2,1H3,(H2,38,42)(H,39,41). The van der Waals surface area contributed by atoms with Gasteiger partial charge in [-0.3, -0.25) is 4.79 Å². The number of rotatable bonds is 10. The molecule has 2 amide bonds. The molecule has 6 nitrogen and oxygen atoms in total. The maximum absolute atomic E-state index is 13.1. The van der Waals surface area contributed by atoms with Crippen LogP contribution in [0.4, 0.5) is 18.0 Å². The van der Waals surface area contributed by atoms with Crippen molar-refractivity contribution in [1.82, 2.24) is 10.3 Å². The van der Waals surface area contributed by atoms with E-state index >= 15 is 0 Å². The smallest absolute Gasteiger partial charge is 0.440 e. The summed E-state index contributed by atoms with van der Waals surface area (Å²) in [4.78, 5) is 29.9. The number of primary amides is 1. The quantitative estimate of drug-likeness (QED) is 0.159. The lowest BCUT2D eigenvalue weighted by atomic mass is 9.94. The molecule has 3 aromatic carbocycles. The molecular formula is C31H25BrCl2F3N3O3S. The van der Waals surface area contributed by atoms with Crippen molar-refractivity contribution in [2.75, 3.05) is 0 Å². The van der Waals surface area contributed by atoms with Gasteiger partial charge < -0.3 is 15.8 Å². The van der Waals surface area contributed by atoms with Crippen LogP contribution in [0.3, 0.4) is 0 Å². The van der Waals surface area contributed by atoms with Crippen molar-refractivity contribution in [3.8, 4) is 22.4 Å². The van der Waals surface area contributed by atoms with Gasteiger partial charge in [0.1, 0.15) is 6.10 Å². The minimum atomic E-state index is -4.44. The van der Waals surface area contributed by atoms with Crippen molar-refractivity contribution >= 4 is 62.9 Å². The molecule has 4 rings (SSSR count). The van der Waals surface area contributed by atoms with Crippen LogP contribution in [-0.2, 0) is 11.3 Å². The van der Waals surface area contributed by atoms with E-state index in [1.807, 2.05) is 37.3 Å². The maximum Gasteiger partial charge on any atom is 0.446 e. The normalized spacial score (nSPS) is 12.1. The number of hydrogen-bond acceptors (Lipinski definition) is 5. The largest absolute Gasteiger partial charge is 0.446 e. The summed E-state index contributed by atoms with van der Waals surface area (Å²) in [6.07, 6.45) is -0.777. The first-order valence-corrected chi connectivity index (χ1v) is 15.6. The molecule has 1 heterocycles. The third-order valence-corrected chi connectivity index (χ3v) is 8.19. The van der Waals surface area contributed by atoms with Crippen LogP contribution in [0.2, 0.25) is 10.0 Å². The Hall–Kier alpha value is -3.25. The van der Waals surface area contributed by atoms with E-state index in [4.69, 9.17) is 38.7 Å². The first kappa shape index (κ1) is 33.6. The number of carbonyl (C=O) groups is 2. The van der Waals surface area contributed by atoms with E-state index < -0.39 is 23.6 Å². The van der Waals surface area contributed by atoms with Gasteiger partial charge in [-0.2, -0.15) is 13.2 Å². The van der Waals surface area contributed by atoms with Crippen molar-refractivity contribution < 1.29 is 27.5 Å². The Balaban J connectivity index is 1.81. The zero-order chi connectivity index (χ0) is 32.0. The minimum Gasteiger partial charge on any atom is -0.440 e. The van der Waals surface area contributed by atoms with E-state index in [9.17, 15) is 22.8 Å². The Morgan fingerprint density at radius 3 is 2.30 bits per heavy atom. The van der Waals surface area contributed by atoms with Gasteiger partial charge in [-0.1, -0.05) is 70.7 Å². The van der Waals surface area contributed by atoms with Crippen molar-refractivity contribution in [3.63, 3.8) is 0 Å². The molecule has 0 spiro atoms. The van der Waals surface area contributed by atoms with Gasteiger partial charge >= 0.3 is 11.6 Å². The molecule has 230 valence electrons. The van der Waals surface area contributed by atoms with Gasteiger partial charge in [-0.05, 0) is 78.3 Å². The summed E-state index contributed by atoms with van der Waals surface area (Å²) in [5.41, 5.74) is 4.58. The predicted octanol–water partition coefficient (Wildman–Crippen LogP) is 9.96. The Bertz CT molecular complexity index is 1660. The number of ether oxygens (including phenoxy) is 1. The molecule has 1 unspecified atom stereocenters. The molecular weight excluding hydrogens is 702 g/mol. The molecule has 0 saturated heterocycles. The number of amides is 2. The average molecular weight is 727 g/mol. The summed E-state index contributed by atoms with van der Waals surface area (Å²) >= 11 is 16.0. The summed E-state index contributed by atoms with van der Waals surface area (Å²) in [6, 6.07) is 19.4. The Morgan fingerprint density at radius 1 is 1.02 bits per heavy atom. The molecule has 1 atom stereocenters. The van der Waals surface area contributed by atoms with E-state index in [1.54, 1.807) is 18.2 Å². The second-order valence-electron chi connectivity index (χ2n) is 9.53. The highest BCUT2D eigenvalue weighted by atomic mass is 79.9. The molecule has 0 aliphatic heterocycles. The maximum atomic E-state index is 13.1. The number of thioether (sulfide) groups is 1. The molecule has 4 aromatic rings. The lowest BCUT2D eigenvalue weighted by Gasteiger charge is -2.22. The monoisotopic (exact) mass is 725 g/mol. The third kappa shape index (κ3) is 8.90. The van der Waals surface area contributed by atoms with Crippen molar-refractivity contribution in [3.05, 3.63) is 104 Å². The number of benzene rings is 3. The van der Waals surface area contributed by atoms with E-state index in [2.05, 4.69) is 21.2 Å². The van der Waals surface area contributed by atoms with E-state index in [0.29, 0.717) is 51.0 Å². The van der Waals surface area contributed by atoms with Crippen molar-refractivity contribution in [2.24, 2.45) is 5.73 Å². The van der Waals surface area contributed by atoms with Gasteiger partial charge in [0.2, 0.25) is 0 Å². The SMILES string of the molecule is CCCC(OC(N)=O)c1nc(-c2ccc(Br)cc2)c(-c2ccc(Cl)cc2Cl)cc1CNC(=O)c1ccc(SC(F)(F)F)cc1. The second-order valence-corrected chi connectivity index (χ2v) is 12.4. The Kier molecular flexibility index (Phi) is 11.2. The summed E-state index contributed by atoms with van der Waals surface area (Å²) in [7, 11) is 0. The van der Waals surface area contributed by atoms with Crippen LogP contribution in [-0.4, -0.2) is 22.5 Å². The second kappa shape index (κ2) is 14.7. The fourth-order valence-corrected chi connectivity index (χ4v) is 5.78. The highest BCUT2D eigenvalue weighted by molar-refractivity contribution is 9.10. The van der Waals surface area contributed by atoms with E-state index in [0.717, 1.165) is 10.0 Å². The predicted molar refractivity (Wildman–Crippen MR) is 171 cm³/mol. The lowest BCUT2D eigenvalue weighted by Crippen LogP contribution is -2.25. The van der Waals surface area contributed by atoms with Crippen LogP contribution in [0.5, 0.6) is 0 Å². The molecule has 0 saturated carbocycles. The van der Waals surface area contributed by atoms with Gasteiger partial charge in [-0.15, -0.1) is 0 Å². The number of hydrogen-bond donors (Lipinski definition) is 2. The number of pyridine rings is 1. The molecule has 13 heteroatoms. The molecule has 1 aromatic heterocycles. The number of nitrogens with one attached hydrogen (secondary N) is 1. The van der Waals surface area contributed by atoms with Crippen molar-refractivity contribution in [1.29, 1.82) is 0 Å². The molecule has 0 aliphatic carbocycles. The zero-order valence-electron chi connectivity index (χ0n) is 23.1. The van der Waals surface area contributed by atoms with Gasteiger partial charge in [-0.25, -0.2) is 9.78 Å². The number of aromatic nitrogens is 1. The molecule has 0 radical (unpaired) electrons. The van der Waals surface area contributed by atoms with Gasteiger partial charge in [0.25, 0.3) is 5.91 Å². The van der Waals surface area contributed by atoms with Crippen LogP contribution >= 0.6 is 50.9 Å². The van der Waals surface area contributed by atoms with Crippen LogP contribution < -0.4 is 11.1 Å². The third-order valence-electron chi connectivity index (χ3n) is 6.38. The lowest BCUT2D eigenvalue weighted by molar-refractivity contribution is -0.0328. The number of nitrogens with two attached hydrogens (primary N) is 1. The molecule has 0 bridgehead atoms. The average Bonchev–Trinajstić information content (AvgIpc) is 2.95. The summed E-state index contributed by atoms with van der Waals surface area (Å²) in [6.45, 7) is 1.86. The fourth-order valence-electron chi connectivity index (χ4n) is 4.47. The zero-order valence-corrected chi connectivity index (χ0v) is 27.0. The summed E-state index contributed by atoms with van der Waals surface area (Å²) in [5, 5.41) is 3.62. The van der Waals surface area contributed by atoms with Crippen LogP contribution in [0.25, 0.3) is 22.4 Å². The van der Waals surface area contributed by atoms with Crippen LogP contribution in [0.15, 0.2) is 82.2 Å². The number of alkyl halides is 3. The highest BCUT2D eigenvalue weighted by Crippen LogP contribution is 2.40. The van der Waals surface area contributed by atoms with Crippen LogP contribution in [0.1, 0.15) is 47.5 Å². The molecule has 0 fully saturated rings. The van der Waals surface area contributed by atoms with Gasteiger partial charge in [0, 0.05) is 48.2 Å². The number of nitrogens with zero attached hydrogens (tertiary/aromatic N) is 1. The van der Waals surface area contributed by atoms with Crippen LogP contribution in [0, 0.1) is 0 Å². The fraction of sp³-hybridized carbons (Fsp3) is 0.194. The molecule has 0 aliphatic rings. The first-order chi connectivity index (χ1) is 20.8. The van der Waals surface area contributed by atoms with E-state index in [1.165, 1.54) is 24.3 Å². The van der Waals surface area contributed by atoms with Crippen molar-refractivity contribution in [2.45, 2.75) is 42.8 Å².